The average Bonchev–Trinajstić information content (AvgIpc) is 3.79. The van der Waals surface area contributed by atoms with Gasteiger partial charge >= 0.3 is 0 Å². The Morgan fingerprint density at radius 3 is 1.82 bits per heavy atom. The van der Waals surface area contributed by atoms with E-state index in [0.717, 1.165) is 10.4 Å². The number of hydrogen-bond acceptors (Lipinski definition) is 11. The number of nitrogens with zero attached hydrogens (tertiary/aromatic N) is 5. The van der Waals surface area contributed by atoms with E-state index in [2.05, 4.69) is 14.7 Å². The second kappa shape index (κ2) is 22.8. The van der Waals surface area contributed by atoms with Gasteiger partial charge in [0.2, 0.25) is 40.1 Å². The molecule has 0 atom stereocenters. The van der Waals surface area contributed by atoms with Gasteiger partial charge in [-0.2, -0.15) is 12.9 Å². The number of benzene rings is 1. The molecule has 0 bridgehead atoms. The summed E-state index contributed by atoms with van der Waals surface area (Å²) in [6.45, 7) is 19.7. The number of sulfonamides is 4. The monoisotopic (exact) mass is 926 g/mol. The van der Waals surface area contributed by atoms with Crippen molar-refractivity contribution < 1.29 is 33.7 Å². The quantitative estimate of drug-likeness (QED) is 0.148. The molecule has 334 valence electrons. The van der Waals surface area contributed by atoms with Crippen molar-refractivity contribution in [2.75, 3.05) is 32.4 Å². The molecule has 0 saturated carbocycles. The third-order valence-electron chi connectivity index (χ3n) is 8.60. The lowest BCUT2D eigenvalue weighted by atomic mass is 10.2. The number of aromatic nitrogens is 2. The van der Waals surface area contributed by atoms with Crippen LogP contribution < -0.4 is 4.72 Å². The Labute approximate surface area is 363 Å². The van der Waals surface area contributed by atoms with Crippen molar-refractivity contribution in [3.05, 3.63) is 106 Å². The largest absolute Gasteiger partial charge is 0.264 e. The minimum absolute atomic E-state index is 0.00639. The SMILES string of the molecule is CC(C)CN(Cc1ccccc1)S(C)(=O)=O.CC(C)CN1Cc2ncccc2S1(=O)=O.CC(C)CN1Cc2sccc2S1(=O)=O.CC(C)CNS(=O)(=O)Cc1cccnc1. The van der Waals surface area contributed by atoms with Crippen LogP contribution in [-0.2, 0) is 65.5 Å². The van der Waals surface area contributed by atoms with Crippen molar-refractivity contribution in [3.63, 3.8) is 0 Å². The van der Waals surface area contributed by atoms with Crippen LogP contribution in [0.3, 0.4) is 0 Å². The molecule has 0 amide bonds. The zero-order valence-corrected chi connectivity index (χ0v) is 40.2. The molecular formula is C41H62N6O8S5. The van der Waals surface area contributed by atoms with Crippen LogP contribution >= 0.6 is 11.3 Å². The summed E-state index contributed by atoms with van der Waals surface area (Å²) in [4.78, 5) is 9.82. The van der Waals surface area contributed by atoms with Gasteiger partial charge in [-0.1, -0.05) is 91.8 Å². The van der Waals surface area contributed by atoms with Gasteiger partial charge in [-0.15, -0.1) is 11.3 Å². The number of nitrogens with one attached hydrogen (secondary N) is 1. The molecule has 1 N–H and O–H groups in total. The van der Waals surface area contributed by atoms with Crippen LogP contribution in [0.5, 0.6) is 0 Å². The Balaban J connectivity index is 0.000000214. The Bertz CT molecular complexity index is 2370. The minimum Gasteiger partial charge on any atom is -0.264 e. The molecule has 0 saturated heterocycles. The van der Waals surface area contributed by atoms with E-state index in [4.69, 9.17) is 0 Å². The summed E-state index contributed by atoms with van der Waals surface area (Å²) in [5.41, 5.74) is 2.39. The van der Waals surface area contributed by atoms with Crippen molar-refractivity contribution in [3.8, 4) is 0 Å². The highest BCUT2D eigenvalue weighted by molar-refractivity contribution is 7.90. The Morgan fingerprint density at radius 1 is 0.717 bits per heavy atom. The first-order valence-corrected chi connectivity index (χ1v) is 27.0. The zero-order valence-electron chi connectivity index (χ0n) is 36.1. The first-order chi connectivity index (χ1) is 27.9. The lowest BCUT2D eigenvalue weighted by molar-refractivity contribution is 0.365. The molecule has 2 aliphatic heterocycles. The van der Waals surface area contributed by atoms with Crippen molar-refractivity contribution >= 4 is 51.4 Å². The highest BCUT2D eigenvalue weighted by atomic mass is 32.2. The fourth-order valence-electron chi connectivity index (χ4n) is 5.93. The molecule has 0 aliphatic carbocycles. The van der Waals surface area contributed by atoms with E-state index >= 15 is 0 Å². The first kappa shape index (κ1) is 51.2. The summed E-state index contributed by atoms with van der Waals surface area (Å²) in [6.07, 6.45) is 6.08. The highest BCUT2D eigenvalue weighted by Gasteiger charge is 2.36. The van der Waals surface area contributed by atoms with Gasteiger partial charge < -0.3 is 0 Å². The number of fused-ring (bicyclic) bond motifs is 2. The summed E-state index contributed by atoms with van der Waals surface area (Å²) in [7, 11) is -12.8. The van der Waals surface area contributed by atoms with Crippen molar-refractivity contribution in [2.24, 2.45) is 23.7 Å². The molecule has 0 spiro atoms. The predicted octanol–water partition coefficient (Wildman–Crippen LogP) is 6.41. The van der Waals surface area contributed by atoms with Gasteiger partial charge in [-0.25, -0.2) is 38.4 Å². The topological polar surface area (TPSA) is 184 Å². The van der Waals surface area contributed by atoms with Gasteiger partial charge in [0.25, 0.3) is 0 Å². The Kier molecular flexibility index (Phi) is 19.5. The van der Waals surface area contributed by atoms with Gasteiger partial charge in [0.05, 0.1) is 29.1 Å². The van der Waals surface area contributed by atoms with E-state index in [-0.39, 0.29) is 5.75 Å². The van der Waals surface area contributed by atoms with Gasteiger partial charge in [0, 0.05) is 62.7 Å². The summed E-state index contributed by atoms with van der Waals surface area (Å²) >= 11 is 1.52. The summed E-state index contributed by atoms with van der Waals surface area (Å²) in [5, 5.41) is 1.84. The third kappa shape index (κ3) is 16.3. The molecule has 14 nitrogen and oxygen atoms in total. The molecule has 0 unspecified atom stereocenters. The molecular weight excluding hydrogens is 865 g/mol. The third-order valence-corrected chi connectivity index (χ3v) is 16.0. The number of hydrogen-bond donors (Lipinski definition) is 1. The standard InChI is InChI=1S/C12H19NO2S.C10H14N2O2S.C10H16N2O2S.C9H13NO2S2/c1-11(2)9-13(16(3,14)15)10-12-7-5-4-6-8-12;1-8(2)6-12-7-9-10(15(12,13)14)4-3-5-11-9;1-9(2)6-12-15(13,14)8-10-4-3-5-11-7-10;1-7(2)5-10-6-8-9(3-4-13-8)14(10,11)12/h4-8,11H,9-10H2,1-3H3;3-5,8H,6-7H2,1-2H3;3-5,7,9,12H,6,8H2,1-2H3;3-4,7H,5-6H2,1-2H3. The van der Waals surface area contributed by atoms with Gasteiger partial charge in [-0.3, -0.25) is 9.97 Å². The van der Waals surface area contributed by atoms with E-state index in [9.17, 15) is 33.7 Å². The Morgan fingerprint density at radius 2 is 1.30 bits per heavy atom. The van der Waals surface area contributed by atoms with Crippen LogP contribution in [0.25, 0.3) is 0 Å². The van der Waals surface area contributed by atoms with E-state index in [0.29, 0.717) is 90.5 Å². The van der Waals surface area contributed by atoms with E-state index in [1.807, 2.05) is 91.1 Å². The summed E-state index contributed by atoms with van der Waals surface area (Å²) < 4.78 is 101. The molecule has 60 heavy (non-hydrogen) atoms. The fraction of sp³-hybridized carbons (Fsp3) is 0.512. The predicted molar refractivity (Wildman–Crippen MR) is 240 cm³/mol. The molecule has 5 heterocycles. The molecule has 4 aromatic rings. The molecule has 1 aromatic carbocycles. The van der Waals surface area contributed by atoms with Crippen molar-refractivity contribution in [2.45, 2.75) is 90.6 Å². The van der Waals surface area contributed by atoms with E-state index in [1.165, 1.54) is 26.2 Å². The lowest BCUT2D eigenvalue weighted by Gasteiger charge is -2.21. The Hall–Kier alpha value is -3.14. The van der Waals surface area contributed by atoms with E-state index in [1.54, 1.807) is 53.2 Å². The molecule has 19 heteroatoms. The maximum atomic E-state index is 12.0. The van der Waals surface area contributed by atoms with Crippen molar-refractivity contribution in [1.82, 2.24) is 27.6 Å². The van der Waals surface area contributed by atoms with Crippen LogP contribution in [0.2, 0.25) is 0 Å². The van der Waals surface area contributed by atoms with Crippen LogP contribution in [0, 0.1) is 23.7 Å². The van der Waals surface area contributed by atoms with Crippen LogP contribution in [-0.4, -0.2) is 89.0 Å². The van der Waals surface area contributed by atoms with E-state index < -0.39 is 40.1 Å². The second-order valence-electron chi connectivity index (χ2n) is 16.3. The van der Waals surface area contributed by atoms with Crippen LogP contribution in [0.1, 0.15) is 77.1 Å². The van der Waals surface area contributed by atoms with Gasteiger partial charge in [-0.05, 0) is 64.4 Å². The minimum atomic E-state index is -3.27. The second-order valence-corrected chi connectivity index (χ2v) is 24.9. The summed E-state index contributed by atoms with van der Waals surface area (Å²) in [5.74, 6) is 1.34. The number of pyridine rings is 2. The number of rotatable bonds is 14. The molecule has 2 aliphatic rings. The molecule has 3 aromatic heterocycles. The van der Waals surface area contributed by atoms with Gasteiger partial charge in [0.15, 0.2) is 0 Å². The zero-order chi connectivity index (χ0) is 44.9. The normalized spacial score (nSPS) is 15.8. The highest BCUT2D eigenvalue weighted by Crippen LogP contribution is 2.34. The molecule has 0 radical (unpaired) electrons. The maximum absolute atomic E-state index is 12.0. The van der Waals surface area contributed by atoms with Crippen molar-refractivity contribution in [1.29, 1.82) is 0 Å². The number of thiophene rings is 1. The van der Waals surface area contributed by atoms with Gasteiger partial charge in [0.1, 0.15) is 4.90 Å². The molecule has 0 fully saturated rings. The van der Waals surface area contributed by atoms with Crippen LogP contribution in [0.15, 0.2) is 94.4 Å². The van der Waals surface area contributed by atoms with Crippen LogP contribution in [0.4, 0.5) is 0 Å². The lowest BCUT2D eigenvalue weighted by Crippen LogP contribution is -2.32. The average molecular weight is 927 g/mol. The summed E-state index contributed by atoms with van der Waals surface area (Å²) in [6, 6.07) is 18.1. The smallest absolute Gasteiger partial charge is 0.245 e. The maximum Gasteiger partial charge on any atom is 0.245 e. The molecule has 6 rings (SSSR count). The first-order valence-electron chi connectivity index (χ1n) is 19.8. The fourth-order valence-corrected chi connectivity index (χ4v) is 13.0.